The number of hydrogen-bond acceptors (Lipinski definition) is 2. The van der Waals surface area contributed by atoms with Crippen LogP contribution in [0.4, 0.5) is 0 Å². The summed E-state index contributed by atoms with van der Waals surface area (Å²) in [6, 6.07) is 10.6. The molecule has 2 atom stereocenters. The standard InChI is InChI=1S/C22H28N3.Pd/c1-6-16(5)17-10-12-23-22(14-17)25-13-11-20-21(25)9-8-19(24-20)18(7-2)15(3)4;/h8-12,14-16,18H,6-7H2,1-5H3;/q-1;. The molecule has 3 heterocycles. The number of nitrogens with zero attached hydrogens (tertiary/aromatic N) is 3. The van der Waals surface area contributed by atoms with Crippen molar-refractivity contribution in [2.45, 2.75) is 59.3 Å². The van der Waals surface area contributed by atoms with Gasteiger partial charge in [0, 0.05) is 38.2 Å². The Bertz CT molecular complexity index is 853. The van der Waals surface area contributed by atoms with E-state index in [2.05, 4.69) is 70.1 Å². The predicted octanol–water partition coefficient (Wildman–Crippen LogP) is 5.88. The van der Waals surface area contributed by atoms with Gasteiger partial charge in [0.15, 0.2) is 0 Å². The Labute approximate surface area is 170 Å². The van der Waals surface area contributed by atoms with Crippen LogP contribution in [0.1, 0.15) is 70.6 Å². The molecule has 0 aliphatic carbocycles. The molecule has 0 aliphatic rings. The monoisotopic (exact) mass is 440 g/mol. The van der Waals surface area contributed by atoms with Gasteiger partial charge >= 0.3 is 0 Å². The SMILES string of the molecule is CCC(C)c1ccnc(-n2[c-]cc3nc(C(CC)C(C)C)ccc32)c1.[Pd]. The molecule has 0 fully saturated rings. The number of pyridine rings is 2. The van der Waals surface area contributed by atoms with Crippen LogP contribution in [0.2, 0.25) is 0 Å². The zero-order chi connectivity index (χ0) is 18.0. The normalized spacial score (nSPS) is 13.6. The molecule has 4 heteroatoms. The molecule has 3 aromatic rings. The Morgan fingerprint density at radius 3 is 2.50 bits per heavy atom. The van der Waals surface area contributed by atoms with Gasteiger partial charge in [-0.15, -0.1) is 6.07 Å². The maximum Gasteiger partial charge on any atom is 0.0543 e. The fourth-order valence-corrected chi connectivity index (χ4v) is 3.49. The van der Waals surface area contributed by atoms with Gasteiger partial charge in [-0.25, -0.2) is 0 Å². The molecule has 0 spiro atoms. The Balaban J connectivity index is 0.00000243. The molecule has 0 amide bonds. The molecule has 26 heavy (non-hydrogen) atoms. The molecule has 3 nitrogen and oxygen atoms in total. The van der Waals surface area contributed by atoms with Gasteiger partial charge < -0.3 is 9.55 Å². The van der Waals surface area contributed by atoms with Crippen LogP contribution in [-0.2, 0) is 20.4 Å². The second-order valence-electron chi connectivity index (χ2n) is 7.26. The second-order valence-corrected chi connectivity index (χ2v) is 7.26. The minimum absolute atomic E-state index is 0. The van der Waals surface area contributed by atoms with Crippen molar-refractivity contribution in [2.24, 2.45) is 5.92 Å². The third-order valence-electron chi connectivity index (χ3n) is 5.30. The van der Waals surface area contributed by atoms with Gasteiger partial charge in [0.2, 0.25) is 0 Å². The average molecular weight is 441 g/mol. The van der Waals surface area contributed by atoms with Crippen LogP contribution in [0.25, 0.3) is 16.9 Å². The van der Waals surface area contributed by atoms with E-state index in [-0.39, 0.29) is 20.4 Å². The summed E-state index contributed by atoms with van der Waals surface area (Å²) < 4.78 is 2.02. The number of hydrogen-bond donors (Lipinski definition) is 0. The molecule has 0 radical (unpaired) electrons. The number of fused-ring (bicyclic) bond motifs is 1. The first-order valence-electron chi connectivity index (χ1n) is 9.41. The molecule has 0 saturated carbocycles. The zero-order valence-corrected chi connectivity index (χ0v) is 17.8. The first kappa shape index (κ1) is 20.8. The first-order valence-corrected chi connectivity index (χ1v) is 9.41. The van der Waals surface area contributed by atoms with Gasteiger partial charge in [-0.2, -0.15) is 0 Å². The summed E-state index contributed by atoms with van der Waals surface area (Å²) in [5.74, 6) is 2.54. The molecular weight excluding hydrogens is 413 g/mol. The molecule has 3 rings (SSSR count). The van der Waals surface area contributed by atoms with E-state index in [4.69, 9.17) is 4.98 Å². The molecule has 0 N–H and O–H groups in total. The summed E-state index contributed by atoms with van der Waals surface area (Å²) in [5, 5.41) is 0. The fraction of sp³-hybridized carbons (Fsp3) is 0.455. The van der Waals surface area contributed by atoms with Gasteiger partial charge in [-0.3, -0.25) is 4.98 Å². The van der Waals surface area contributed by atoms with E-state index in [0.717, 1.165) is 29.7 Å². The van der Waals surface area contributed by atoms with E-state index in [0.29, 0.717) is 17.8 Å². The minimum atomic E-state index is 0. The summed E-state index contributed by atoms with van der Waals surface area (Å²) in [7, 11) is 0. The summed E-state index contributed by atoms with van der Waals surface area (Å²) in [6.45, 7) is 11.2. The van der Waals surface area contributed by atoms with Gasteiger partial charge in [-0.1, -0.05) is 58.5 Å². The van der Waals surface area contributed by atoms with Gasteiger partial charge in [-0.05, 0) is 47.9 Å². The van der Waals surface area contributed by atoms with Crippen LogP contribution < -0.4 is 0 Å². The average Bonchev–Trinajstić information content (AvgIpc) is 3.04. The molecule has 0 bridgehead atoms. The molecule has 0 saturated heterocycles. The Morgan fingerprint density at radius 1 is 1.08 bits per heavy atom. The number of rotatable bonds is 6. The van der Waals surface area contributed by atoms with E-state index < -0.39 is 0 Å². The van der Waals surface area contributed by atoms with E-state index in [9.17, 15) is 0 Å². The second kappa shape index (κ2) is 8.93. The van der Waals surface area contributed by atoms with E-state index in [1.165, 1.54) is 11.3 Å². The molecule has 0 aromatic carbocycles. The third kappa shape index (κ3) is 4.08. The van der Waals surface area contributed by atoms with Crippen molar-refractivity contribution in [1.29, 1.82) is 0 Å². The van der Waals surface area contributed by atoms with Crippen molar-refractivity contribution in [3.63, 3.8) is 0 Å². The summed E-state index contributed by atoms with van der Waals surface area (Å²) in [4.78, 5) is 9.46. The molecule has 142 valence electrons. The van der Waals surface area contributed by atoms with E-state index in [1.54, 1.807) is 0 Å². The van der Waals surface area contributed by atoms with Crippen molar-refractivity contribution in [1.82, 2.24) is 14.5 Å². The largest absolute Gasteiger partial charge is 0.427 e. The van der Waals surface area contributed by atoms with Crippen LogP contribution in [-0.4, -0.2) is 14.5 Å². The summed E-state index contributed by atoms with van der Waals surface area (Å²) in [5.41, 5.74) is 4.55. The molecule has 0 aliphatic heterocycles. The predicted molar refractivity (Wildman–Crippen MR) is 104 cm³/mol. The van der Waals surface area contributed by atoms with Crippen LogP contribution in [0.15, 0.2) is 36.5 Å². The summed E-state index contributed by atoms with van der Waals surface area (Å²) in [6.07, 6.45) is 7.45. The Kier molecular flexibility index (Phi) is 7.15. The van der Waals surface area contributed by atoms with Crippen LogP contribution >= 0.6 is 0 Å². The van der Waals surface area contributed by atoms with Gasteiger partial charge in [0.1, 0.15) is 0 Å². The van der Waals surface area contributed by atoms with Crippen molar-refractivity contribution in [3.05, 3.63) is 54.0 Å². The quantitative estimate of drug-likeness (QED) is 0.354. The van der Waals surface area contributed by atoms with Crippen molar-refractivity contribution < 1.29 is 20.4 Å². The van der Waals surface area contributed by atoms with Crippen LogP contribution in [0.5, 0.6) is 0 Å². The van der Waals surface area contributed by atoms with Crippen molar-refractivity contribution >= 4 is 11.0 Å². The smallest absolute Gasteiger partial charge is 0.0543 e. The fourth-order valence-electron chi connectivity index (χ4n) is 3.49. The Hall–Kier alpha value is -1.50. The number of aromatic nitrogens is 3. The molecule has 2 unspecified atom stereocenters. The van der Waals surface area contributed by atoms with Crippen LogP contribution in [0, 0.1) is 12.1 Å². The Morgan fingerprint density at radius 2 is 1.85 bits per heavy atom. The maximum atomic E-state index is 4.91. The maximum absolute atomic E-state index is 4.91. The van der Waals surface area contributed by atoms with E-state index in [1.807, 2.05) is 16.8 Å². The first-order chi connectivity index (χ1) is 12.0. The topological polar surface area (TPSA) is 30.7 Å². The minimum Gasteiger partial charge on any atom is -0.427 e. The summed E-state index contributed by atoms with van der Waals surface area (Å²) >= 11 is 0. The van der Waals surface area contributed by atoms with E-state index >= 15 is 0 Å². The van der Waals surface area contributed by atoms with Gasteiger partial charge in [0.05, 0.1) is 5.82 Å². The van der Waals surface area contributed by atoms with Crippen LogP contribution in [0.3, 0.4) is 0 Å². The zero-order valence-electron chi connectivity index (χ0n) is 16.3. The molecular formula is C22H28N3Pd-. The van der Waals surface area contributed by atoms with Gasteiger partial charge in [0.25, 0.3) is 0 Å². The van der Waals surface area contributed by atoms with Crippen molar-refractivity contribution in [2.75, 3.05) is 0 Å². The third-order valence-corrected chi connectivity index (χ3v) is 5.30. The molecule has 3 aromatic heterocycles. The van der Waals surface area contributed by atoms with Crippen molar-refractivity contribution in [3.8, 4) is 5.82 Å².